The lowest BCUT2D eigenvalue weighted by Crippen LogP contribution is -2.40. The van der Waals surface area contributed by atoms with E-state index in [1.807, 2.05) is 98.8 Å². The molecule has 0 spiro atoms. The van der Waals surface area contributed by atoms with Crippen LogP contribution >= 0.6 is 0 Å². The van der Waals surface area contributed by atoms with Crippen molar-refractivity contribution in [3.8, 4) is 16.9 Å². The maximum Gasteiger partial charge on any atom is 0.411 e. The first-order chi connectivity index (χ1) is 30.9. The van der Waals surface area contributed by atoms with Gasteiger partial charge in [-0.3, -0.25) is 20.2 Å². The third-order valence-corrected chi connectivity index (χ3v) is 12.0. The molecule has 1 aliphatic rings. The van der Waals surface area contributed by atoms with Crippen LogP contribution in [0.1, 0.15) is 66.3 Å². The van der Waals surface area contributed by atoms with Gasteiger partial charge in [-0.1, -0.05) is 91.0 Å². The normalized spacial score (nSPS) is 14.8. The Morgan fingerprint density at radius 2 is 1.59 bits per heavy atom. The molecule has 64 heavy (non-hydrogen) atoms. The van der Waals surface area contributed by atoms with Gasteiger partial charge in [-0.05, 0) is 90.8 Å². The number of likely N-dealkylation sites (tertiary alicyclic amines) is 1. The number of piperidine rings is 1. The Balaban J connectivity index is 0.824. The molecule has 0 aliphatic carbocycles. The molecule has 7 rings (SSSR count). The summed E-state index contributed by atoms with van der Waals surface area (Å²) in [7, 11) is 1.77. The third kappa shape index (κ3) is 11.8. The molecule has 0 saturated carbocycles. The Morgan fingerprint density at radius 1 is 0.875 bits per heavy atom. The molecule has 2 heterocycles. The minimum absolute atomic E-state index is 0.0251. The standard InChI is InChI=1S/C51H58N6O7/c1-33-13-18-38(50(62)53-31-36-16-14-35(15-17-36)29-34(2)52-32-46(59)41-19-21-45(58)49-42(41)20-22-47(60)55-49)30-44(33)56(3)48(61)25-28-57-26-23-39(24-27-57)64-51(63)54-43-12-8-7-11-40(43)37-9-5-4-6-10-37/h4-22,30,34,39,46,50,52-53,58-59,62H,23-29,31-32H2,1-3H3,(H,54,63)(H,55,60)/t34?,46-,50?/m0/s1. The fraction of sp³-hybridized carbons (Fsp3) is 0.314. The minimum Gasteiger partial charge on any atom is -0.506 e. The summed E-state index contributed by atoms with van der Waals surface area (Å²) in [5.41, 5.74) is 7.66. The number of phenolic OH excluding ortho intramolecular Hbond substituents is 1. The number of hydrogen-bond donors (Lipinski definition) is 7. The van der Waals surface area contributed by atoms with E-state index >= 15 is 0 Å². The lowest BCUT2D eigenvalue weighted by atomic mass is 10.0. The molecular weight excluding hydrogens is 809 g/mol. The summed E-state index contributed by atoms with van der Waals surface area (Å²) in [6, 6.07) is 37.5. The van der Waals surface area contributed by atoms with Crippen molar-refractivity contribution in [1.82, 2.24) is 20.5 Å². The fourth-order valence-corrected chi connectivity index (χ4v) is 8.24. The van der Waals surface area contributed by atoms with Crippen LogP contribution in [0, 0.1) is 6.92 Å². The average Bonchev–Trinajstić information content (AvgIpc) is 3.30. The SMILES string of the molecule is Cc1ccc(C(O)NCc2ccc(CC(C)NC[C@H](O)c3ccc(O)c4[nH]c(=O)ccc34)cc2)cc1N(C)C(=O)CCN1CCC(OC(=O)Nc2ccccc2-c2ccccc2)CC1. The highest BCUT2D eigenvalue weighted by Crippen LogP contribution is 2.30. The van der Waals surface area contributed by atoms with E-state index in [0.29, 0.717) is 60.1 Å². The summed E-state index contributed by atoms with van der Waals surface area (Å²) in [5, 5.41) is 42.3. The molecule has 334 valence electrons. The van der Waals surface area contributed by atoms with E-state index in [-0.39, 0.29) is 35.9 Å². The summed E-state index contributed by atoms with van der Waals surface area (Å²) in [6.45, 7) is 6.75. The molecular formula is C51H58N6O7. The molecule has 6 aromatic rings. The first-order valence-corrected chi connectivity index (χ1v) is 21.9. The van der Waals surface area contributed by atoms with Gasteiger partial charge in [0.05, 0.1) is 17.3 Å². The van der Waals surface area contributed by atoms with E-state index in [2.05, 4.69) is 38.0 Å². The molecule has 0 bridgehead atoms. The monoisotopic (exact) mass is 866 g/mol. The van der Waals surface area contributed by atoms with E-state index in [1.54, 1.807) is 24.1 Å². The van der Waals surface area contributed by atoms with Crippen molar-refractivity contribution in [2.24, 2.45) is 0 Å². The predicted molar refractivity (Wildman–Crippen MR) is 251 cm³/mol. The van der Waals surface area contributed by atoms with Gasteiger partial charge in [0.15, 0.2) is 0 Å². The number of pyridine rings is 1. The molecule has 1 saturated heterocycles. The third-order valence-electron chi connectivity index (χ3n) is 12.0. The summed E-state index contributed by atoms with van der Waals surface area (Å²) < 4.78 is 5.80. The highest BCUT2D eigenvalue weighted by molar-refractivity contribution is 5.94. The number of hydrogen-bond acceptors (Lipinski definition) is 10. The van der Waals surface area contributed by atoms with Crippen molar-refractivity contribution in [3.05, 3.63) is 159 Å². The number of carbonyl (C=O) groups excluding carboxylic acids is 2. The number of H-pyrrole nitrogens is 1. The number of anilines is 2. The number of aromatic amines is 1. The Bertz CT molecular complexity index is 2580. The number of rotatable bonds is 17. The topological polar surface area (TPSA) is 179 Å². The van der Waals surface area contributed by atoms with Crippen LogP contribution in [0.25, 0.3) is 22.0 Å². The minimum atomic E-state index is -0.951. The maximum atomic E-state index is 13.4. The zero-order valence-corrected chi connectivity index (χ0v) is 36.6. The number of phenols is 1. The van der Waals surface area contributed by atoms with Gasteiger partial charge in [0.1, 0.15) is 18.1 Å². The van der Waals surface area contributed by atoms with Crippen LogP contribution in [0.4, 0.5) is 16.2 Å². The van der Waals surface area contributed by atoms with Crippen molar-refractivity contribution in [1.29, 1.82) is 0 Å². The predicted octanol–water partition coefficient (Wildman–Crippen LogP) is 7.31. The Hall–Kier alpha value is -6.35. The molecule has 2 unspecified atom stereocenters. The largest absolute Gasteiger partial charge is 0.506 e. The second-order valence-electron chi connectivity index (χ2n) is 16.6. The average molecular weight is 867 g/mol. The van der Waals surface area contributed by atoms with Crippen LogP contribution in [0.3, 0.4) is 0 Å². The quantitative estimate of drug-likeness (QED) is 0.0460. The van der Waals surface area contributed by atoms with Crippen molar-refractivity contribution in [3.63, 3.8) is 0 Å². The van der Waals surface area contributed by atoms with Crippen molar-refractivity contribution in [2.75, 3.05) is 43.4 Å². The van der Waals surface area contributed by atoms with E-state index in [4.69, 9.17) is 4.74 Å². The number of aryl methyl sites for hydroxylation is 1. The van der Waals surface area contributed by atoms with Crippen LogP contribution in [0.5, 0.6) is 5.75 Å². The zero-order chi connectivity index (χ0) is 45.2. The number of aromatic nitrogens is 1. The number of nitrogens with zero attached hydrogens (tertiary/aromatic N) is 2. The van der Waals surface area contributed by atoms with Gasteiger partial charge < -0.3 is 40.2 Å². The molecule has 0 radical (unpaired) electrons. The number of carbonyl (C=O) groups is 2. The lowest BCUT2D eigenvalue weighted by molar-refractivity contribution is -0.118. The van der Waals surface area contributed by atoms with Gasteiger partial charge in [-0.2, -0.15) is 0 Å². The summed E-state index contributed by atoms with van der Waals surface area (Å²) >= 11 is 0. The summed E-state index contributed by atoms with van der Waals surface area (Å²) in [4.78, 5) is 44.6. The lowest BCUT2D eigenvalue weighted by Gasteiger charge is -2.32. The van der Waals surface area contributed by atoms with E-state index in [1.165, 1.54) is 12.1 Å². The Labute approximate surface area is 373 Å². The number of benzene rings is 5. The van der Waals surface area contributed by atoms with Crippen LogP contribution in [-0.2, 0) is 22.5 Å². The van der Waals surface area contributed by atoms with Crippen molar-refractivity contribution < 1.29 is 29.6 Å². The number of nitrogens with one attached hydrogen (secondary N) is 4. The number of aromatic hydroxyl groups is 1. The fourth-order valence-electron chi connectivity index (χ4n) is 8.24. The molecule has 2 amide bonds. The van der Waals surface area contributed by atoms with Crippen molar-refractivity contribution in [2.45, 2.75) is 70.6 Å². The number of amides is 2. The second-order valence-corrected chi connectivity index (χ2v) is 16.6. The molecule has 1 aromatic heterocycles. The Kier molecular flexibility index (Phi) is 15.2. The van der Waals surface area contributed by atoms with E-state index in [9.17, 15) is 29.7 Å². The first-order valence-electron chi connectivity index (χ1n) is 21.9. The van der Waals surface area contributed by atoms with Gasteiger partial charge in [0, 0.05) is 74.9 Å². The summed E-state index contributed by atoms with van der Waals surface area (Å²) in [5.74, 6) is -0.0717. The molecule has 5 aromatic carbocycles. The Morgan fingerprint density at radius 3 is 2.36 bits per heavy atom. The van der Waals surface area contributed by atoms with Crippen LogP contribution in [-0.4, -0.2) is 82.6 Å². The smallest absolute Gasteiger partial charge is 0.411 e. The number of ether oxygens (including phenoxy) is 1. The molecule has 7 N–H and O–H groups in total. The van der Waals surface area contributed by atoms with E-state index < -0.39 is 18.4 Å². The highest BCUT2D eigenvalue weighted by Gasteiger charge is 2.24. The zero-order valence-electron chi connectivity index (χ0n) is 36.6. The number of para-hydroxylation sites is 1. The van der Waals surface area contributed by atoms with Gasteiger partial charge in [0.2, 0.25) is 11.5 Å². The summed E-state index contributed by atoms with van der Waals surface area (Å²) in [6.07, 6.45) is -0.0411. The molecule has 13 nitrogen and oxygen atoms in total. The number of fused-ring (bicyclic) bond motifs is 1. The number of aliphatic hydroxyl groups is 2. The highest BCUT2D eigenvalue weighted by atomic mass is 16.6. The van der Waals surface area contributed by atoms with Gasteiger partial charge in [-0.25, -0.2) is 4.79 Å². The maximum absolute atomic E-state index is 13.4. The molecule has 13 heteroatoms. The van der Waals surface area contributed by atoms with Gasteiger partial charge >= 0.3 is 6.09 Å². The van der Waals surface area contributed by atoms with Crippen LogP contribution in [0.15, 0.2) is 126 Å². The molecule has 1 fully saturated rings. The van der Waals surface area contributed by atoms with E-state index in [0.717, 1.165) is 53.0 Å². The van der Waals surface area contributed by atoms with Gasteiger partial charge in [-0.15, -0.1) is 0 Å². The van der Waals surface area contributed by atoms with Crippen molar-refractivity contribution >= 4 is 34.3 Å². The molecule has 1 aliphatic heterocycles. The van der Waals surface area contributed by atoms with Gasteiger partial charge in [0.25, 0.3) is 0 Å². The van der Waals surface area contributed by atoms with Crippen LogP contribution in [0.2, 0.25) is 0 Å². The molecule has 3 atom stereocenters. The first kappa shape index (κ1) is 45.7. The second kappa shape index (κ2) is 21.3. The number of aliphatic hydroxyl groups excluding tert-OH is 2. The van der Waals surface area contributed by atoms with Crippen LogP contribution < -0.4 is 26.4 Å².